The summed E-state index contributed by atoms with van der Waals surface area (Å²) in [5.41, 5.74) is 0.259. The van der Waals surface area contributed by atoms with Crippen molar-refractivity contribution < 1.29 is 14.7 Å². The lowest BCUT2D eigenvalue weighted by molar-refractivity contribution is -0.148. The van der Waals surface area contributed by atoms with Crippen molar-refractivity contribution in [2.24, 2.45) is 0 Å². The summed E-state index contributed by atoms with van der Waals surface area (Å²) in [6.07, 6.45) is -0.547. The van der Waals surface area contributed by atoms with Gasteiger partial charge in [-0.15, -0.1) is 0 Å². The van der Waals surface area contributed by atoms with E-state index in [9.17, 15) is 5.21 Å². The van der Waals surface area contributed by atoms with Crippen molar-refractivity contribution in [2.75, 3.05) is 6.54 Å². The third-order valence-corrected chi connectivity index (χ3v) is 3.50. The summed E-state index contributed by atoms with van der Waals surface area (Å²) in [5, 5.41) is 11.6. The lowest BCUT2D eigenvalue weighted by atomic mass is 10.1. The SMILES string of the molecule is CC(C)(C)O[C@@H]1[C@@H](OC(C)(C)C)CN(O)[C@H]1C#Cc1ccccc1. The lowest BCUT2D eigenvalue weighted by Crippen LogP contribution is -2.43. The van der Waals surface area contributed by atoms with Crippen LogP contribution >= 0.6 is 0 Å². The highest BCUT2D eigenvalue weighted by Crippen LogP contribution is 2.29. The van der Waals surface area contributed by atoms with Crippen molar-refractivity contribution in [3.8, 4) is 11.8 Å². The van der Waals surface area contributed by atoms with E-state index in [0.717, 1.165) is 5.56 Å². The normalized spacial score (nSPS) is 25.4. The molecule has 4 nitrogen and oxygen atoms in total. The zero-order valence-corrected chi connectivity index (χ0v) is 15.5. The fourth-order valence-electron chi connectivity index (χ4n) is 2.72. The average molecular weight is 331 g/mol. The third kappa shape index (κ3) is 5.61. The molecule has 0 radical (unpaired) electrons. The Morgan fingerprint density at radius 1 is 1.00 bits per heavy atom. The van der Waals surface area contributed by atoms with Gasteiger partial charge in [0.15, 0.2) is 0 Å². The molecule has 1 heterocycles. The third-order valence-electron chi connectivity index (χ3n) is 3.50. The molecule has 1 N–H and O–H groups in total. The Bertz CT molecular complexity index is 589. The molecule has 24 heavy (non-hydrogen) atoms. The molecule has 0 aliphatic carbocycles. The number of ether oxygens (including phenoxy) is 2. The van der Waals surface area contributed by atoms with Crippen LogP contribution in [0.25, 0.3) is 0 Å². The molecule has 0 amide bonds. The molecule has 1 aliphatic rings. The molecular formula is C20H29NO3. The van der Waals surface area contributed by atoms with E-state index in [0.29, 0.717) is 6.54 Å². The standard InChI is InChI=1S/C20H29NO3/c1-19(2,3)23-17-14-21(22)16(18(17)24-20(4,5)6)13-12-15-10-8-7-9-11-15/h7-11,16-18,22H,14H2,1-6H3/t16-,17-,18-/m0/s1. The quantitative estimate of drug-likeness (QED) is 0.843. The van der Waals surface area contributed by atoms with E-state index in [4.69, 9.17) is 9.47 Å². The zero-order chi connectivity index (χ0) is 18.0. The minimum Gasteiger partial charge on any atom is -0.368 e. The van der Waals surface area contributed by atoms with E-state index in [1.165, 1.54) is 5.06 Å². The number of nitrogens with zero attached hydrogens (tertiary/aromatic N) is 1. The molecule has 1 saturated heterocycles. The maximum atomic E-state index is 10.4. The minimum atomic E-state index is -0.420. The fourth-order valence-corrected chi connectivity index (χ4v) is 2.72. The van der Waals surface area contributed by atoms with Crippen LogP contribution in [0.3, 0.4) is 0 Å². The summed E-state index contributed by atoms with van der Waals surface area (Å²) in [5.74, 6) is 6.29. The Kier molecular flexibility index (Phi) is 5.72. The van der Waals surface area contributed by atoms with Crippen LogP contribution in [0.15, 0.2) is 30.3 Å². The summed E-state index contributed by atoms with van der Waals surface area (Å²) in [6.45, 7) is 12.4. The topological polar surface area (TPSA) is 41.9 Å². The van der Waals surface area contributed by atoms with Gasteiger partial charge in [-0.2, -0.15) is 5.06 Å². The first-order valence-corrected chi connectivity index (χ1v) is 8.43. The van der Waals surface area contributed by atoms with Crippen LogP contribution in [-0.4, -0.2) is 46.3 Å². The second-order valence-electron chi connectivity index (χ2n) is 8.17. The van der Waals surface area contributed by atoms with Crippen molar-refractivity contribution in [3.05, 3.63) is 35.9 Å². The molecule has 0 spiro atoms. The van der Waals surface area contributed by atoms with Crippen molar-refractivity contribution in [1.82, 2.24) is 5.06 Å². The predicted molar refractivity (Wildman–Crippen MR) is 94.9 cm³/mol. The van der Waals surface area contributed by atoms with Gasteiger partial charge in [-0.1, -0.05) is 30.0 Å². The van der Waals surface area contributed by atoms with Crippen LogP contribution in [0.5, 0.6) is 0 Å². The van der Waals surface area contributed by atoms with E-state index >= 15 is 0 Å². The Morgan fingerprint density at radius 2 is 1.58 bits per heavy atom. The van der Waals surface area contributed by atoms with Crippen LogP contribution in [0.2, 0.25) is 0 Å². The number of hydroxylamine groups is 2. The van der Waals surface area contributed by atoms with Gasteiger partial charge >= 0.3 is 0 Å². The van der Waals surface area contributed by atoms with E-state index in [1.807, 2.05) is 71.9 Å². The molecule has 0 bridgehead atoms. The monoisotopic (exact) mass is 331 g/mol. The van der Waals surface area contributed by atoms with Gasteiger partial charge in [0.25, 0.3) is 0 Å². The van der Waals surface area contributed by atoms with Crippen LogP contribution in [0.1, 0.15) is 47.1 Å². The largest absolute Gasteiger partial charge is 0.368 e. The van der Waals surface area contributed by atoms with Gasteiger partial charge in [-0.05, 0) is 53.7 Å². The van der Waals surface area contributed by atoms with Crippen LogP contribution in [-0.2, 0) is 9.47 Å². The van der Waals surface area contributed by atoms with Gasteiger partial charge in [0, 0.05) is 5.56 Å². The van der Waals surface area contributed by atoms with Gasteiger partial charge < -0.3 is 14.7 Å². The van der Waals surface area contributed by atoms with Gasteiger partial charge in [0.2, 0.25) is 0 Å². The summed E-state index contributed by atoms with van der Waals surface area (Å²) in [6, 6.07) is 9.34. The minimum absolute atomic E-state index is 0.232. The number of hydrogen-bond acceptors (Lipinski definition) is 4. The molecule has 1 aliphatic heterocycles. The molecule has 3 atom stereocenters. The highest BCUT2D eigenvalue weighted by molar-refractivity contribution is 5.35. The maximum absolute atomic E-state index is 10.4. The summed E-state index contributed by atoms with van der Waals surface area (Å²) < 4.78 is 12.3. The van der Waals surface area contributed by atoms with Crippen LogP contribution < -0.4 is 0 Å². The van der Waals surface area contributed by atoms with Crippen LogP contribution in [0.4, 0.5) is 0 Å². The molecule has 1 fully saturated rings. The van der Waals surface area contributed by atoms with Crippen LogP contribution in [0, 0.1) is 11.8 Å². The second kappa shape index (κ2) is 7.25. The molecule has 4 heteroatoms. The number of benzene rings is 1. The maximum Gasteiger partial charge on any atom is 0.125 e. The molecule has 1 aromatic carbocycles. The summed E-state index contributed by atoms with van der Waals surface area (Å²) in [4.78, 5) is 0. The van der Waals surface area contributed by atoms with E-state index in [1.54, 1.807) is 0 Å². The Hall–Kier alpha value is -1.38. The molecular weight excluding hydrogens is 302 g/mol. The highest BCUT2D eigenvalue weighted by atomic mass is 16.6. The molecule has 132 valence electrons. The van der Waals surface area contributed by atoms with Gasteiger partial charge in [0.1, 0.15) is 18.2 Å². The van der Waals surface area contributed by atoms with Gasteiger partial charge in [0.05, 0.1) is 17.7 Å². The first kappa shape index (κ1) is 19.0. The van der Waals surface area contributed by atoms with Crippen molar-refractivity contribution in [3.63, 3.8) is 0 Å². The summed E-state index contributed by atoms with van der Waals surface area (Å²) >= 11 is 0. The predicted octanol–water partition coefficient (Wildman–Crippen LogP) is 3.48. The summed E-state index contributed by atoms with van der Waals surface area (Å²) in [7, 11) is 0. The first-order chi connectivity index (χ1) is 11.1. The molecule has 0 aromatic heterocycles. The Balaban J connectivity index is 2.25. The molecule has 1 aromatic rings. The first-order valence-electron chi connectivity index (χ1n) is 8.43. The Morgan fingerprint density at radius 3 is 2.12 bits per heavy atom. The van der Waals surface area contributed by atoms with Crippen molar-refractivity contribution in [2.45, 2.75) is 71.0 Å². The molecule has 0 unspecified atom stereocenters. The fraction of sp³-hybridized carbons (Fsp3) is 0.600. The van der Waals surface area contributed by atoms with E-state index in [-0.39, 0.29) is 23.4 Å². The average Bonchev–Trinajstić information content (AvgIpc) is 2.69. The molecule has 0 saturated carbocycles. The van der Waals surface area contributed by atoms with Crippen molar-refractivity contribution >= 4 is 0 Å². The lowest BCUT2D eigenvalue weighted by Gasteiger charge is -2.33. The highest BCUT2D eigenvalue weighted by Gasteiger charge is 2.45. The smallest absolute Gasteiger partial charge is 0.125 e. The molecule has 2 rings (SSSR count). The van der Waals surface area contributed by atoms with Gasteiger partial charge in [-0.25, -0.2) is 0 Å². The number of rotatable bonds is 2. The number of hydrogen-bond donors (Lipinski definition) is 1. The zero-order valence-electron chi connectivity index (χ0n) is 15.5. The van der Waals surface area contributed by atoms with Crippen molar-refractivity contribution in [1.29, 1.82) is 0 Å². The Labute approximate surface area is 145 Å². The second-order valence-corrected chi connectivity index (χ2v) is 8.17. The van der Waals surface area contributed by atoms with E-state index < -0.39 is 6.04 Å². The van der Waals surface area contributed by atoms with E-state index in [2.05, 4.69) is 11.8 Å². The van der Waals surface area contributed by atoms with Gasteiger partial charge in [-0.3, -0.25) is 0 Å².